The molecule has 1 aliphatic rings. The molecule has 1 aromatic carbocycles. The summed E-state index contributed by atoms with van der Waals surface area (Å²) in [6.45, 7) is -0.523. The van der Waals surface area contributed by atoms with E-state index >= 15 is 0 Å². The summed E-state index contributed by atoms with van der Waals surface area (Å²) < 4.78 is 11.6. The zero-order valence-electron chi connectivity index (χ0n) is 11.7. The van der Waals surface area contributed by atoms with Crippen LogP contribution in [0, 0.1) is 0 Å². The normalized spacial score (nSPS) is 31.5. The molecule has 2 heterocycles. The number of halogens is 2. The van der Waals surface area contributed by atoms with Gasteiger partial charge in [0.25, 0.3) is 0 Å². The number of rotatable bonds is 3. The average Bonchev–Trinajstić information content (AvgIpc) is 2.95. The lowest BCUT2D eigenvalue weighted by Gasteiger charge is -2.39. The highest BCUT2D eigenvalue weighted by molar-refractivity contribution is 9.10. The highest BCUT2D eigenvalue weighted by atomic mass is 79.9. The molecule has 0 saturated carbocycles. The monoisotopic (exact) mass is 407 g/mol. The van der Waals surface area contributed by atoms with Crippen LogP contribution in [0.1, 0.15) is 0 Å². The van der Waals surface area contributed by atoms with Crippen LogP contribution < -0.4 is 4.74 Å². The van der Waals surface area contributed by atoms with Crippen LogP contribution >= 0.6 is 27.5 Å². The lowest BCUT2D eigenvalue weighted by Crippen LogP contribution is -2.60. The molecule has 1 aromatic heterocycles. The summed E-state index contributed by atoms with van der Waals surface area (Å²) in [4.78, 5) is 2.98. The van der Waals surface area contributed by atoms with Crippen LogP contribution in [0.5, 0.6) is 5.75 Å². The first-order chi connectivity index (χ1) is 10.9. The van der Waals surface area contributed by atoms with Crippen molar-refractivity contribution in [3.63, 3.8) is 0 Å². The van der Waals surface area contributed by atoms with Gasteiger partial charge in [-0.1, -0.05) is 11.6 Å². The number of nitrogens with one attached hydrogen (secondary N) is 1. The van der Waals surface area contributed by atoms with Crippen LogP contribution in [0.4, 0.5) is 0 Å². The Hall–Kier alpha value is -0.870. The Balaban J connectivity index is 1.91. The Kier molecular flexibility index (Phi) is 4.84. The molecule has 0 radical (unpaired) electrons. The average molecular weight is 409 g/mol. The Morgan fingerprint density at radius 2 is 1.96 bits per heavy atom. The number of aliphatic hydroxyl groups is 4. The summed E-state index contributed by atoms with van der Waals surface area (Å²) in [7, 11) is 0. The second-order valence-corrected chi connectivity index (χ2v) is 6.48. The fourth-order valence-corrected chi connectivity index (χ4v) is 3.10. The van der Waals surface area contributed by atoms with E-state index in [0.717, 1.165) is 5.52 Å². The molecule has 23 heavy (non-hydrogen) atoms. The molecule has 0 amide bonds. The number of hydrogen-bond donors (Lipinski definition) is 5. The van der Waals surface area contributed by atoms with Gasteiger partial charge in [-0.2, -0.15) is 0 Å². The van der Waals surface area contributed by atoms with Gasteiger partial charge in [0.15, 0.2) is 0 Å². The van der Waals surface area contributed by atoms with Crippen LogP contribution in [0.2, 0.25) is 5.02 Å². The van der Waals surface area contributed by atoms with E-state index in [4.69, 9.17) is 21.1 Å². The molecular weight excluding hydrogens is 394 g/mol. The Bertz CT molecular complexity index is 708. The number of ether oxygens (including phenoxy) is 2. The molecule has 0 spiro atoms. The number of aliphatic hydroxyl groups excluding tert-OH is 4. The molecule has 5 N–H and O–H groups in total. The van der Waals surface area contributed by atoms with E-state index in [2.05, 4.69) is 20.9 Å². The van der Waals surface area contributed by atoms with Gasteiger partial charge in [-0.25, -0.2) is 0 Å². The van der Waals surface area contributed by atoms with Gasteiger partial charge in [-0.05, 0) is 28.1 Å². The van der Waals surface area contributed by atoms with Crippen molar-refractivity contribution in [3.05, 3.63) is 27.8 Å². The predicted molar refractivity (Wildman–Crippen MR) is 85.4 cm³/mol. The van der Waals surface area contributed by atoms with Gasteiger partial charge in [0.05, 0.1) is 22.5 Å². The Labute approximate surface area is 144 Å². The van der Waals surface area contributed by atoms with Crippen molar-refractivity contribution in [2.75, 3.05) is 6.61 Å². The maximum absolute atomic E-state index is 10.0. The summed E-state index contributed by atoms with van der Waals surface area (Å²) in [6, 6.07) is 3.57. The molecule has 0 aliphatic carbocycles. The fourth-order valence-electron chi connectivity index (χ4n) is 2.51. The molecule has 7 nitrogen and oxygen atoms in total. The standard InChI is InChI=1S/C14H15BrClNO6/c15-5-1-2-6-9(10(5)16)7(3-17-6)22-14-13(21)12(20)11(19)8(4-18)23-14/h1-3,8,11-14,17-21H,4H2/t8-,11-,12+,13-,14+/m1/s1. The third kappa shape index (κ3) is 2.96. The number of aromatic nitrogens is 1. The van der Waals surface area contributed by atoms with Gasteiger partial charge < -0.3 is 34.9 Å². The highest BCUT2D eigenvalue weighted by Gasteiger charge is 2.44. The molecule has 1 fully saturated rings. The molecular formula is C14H15BrClNO6. The molecule has 2 aromatic rings. The summed E-state index contributed by atoms with van der Waals surface area (Å²) >= 11 is 9.58. The van der Waals surface area contributed by atoms with E-state index in [-0.39, 0.29) is 0 Å². The third-order valence-electron chi connectivity index (χ3n) is 3.79. The molecule has 0 unspecified atom stereocenters. The predicted octanol–water partition coefficient (Wildman–Crippen LogP) is 0.762. The summed E-state index contributed by atoms with van der Waals surface area (Å²) in [5, 5.41) is 39.8. The number of hydrogen-bond acceptors (Lipinski definition) is 6. The number of fused-ring (bicyclic) bond motifs is 1. The second-order valence-electron chi connectivity index (χ2n) is 5.25. The van der Waals surface area contributed by atoms with Crippen LogP contribution in [-0.4, -0.2) is 62.7 Å². The maximum atomic E-state index is 10.0. The first-order valence-electron chi connectivity index (χ1n) is 6.86. The number of aromatic amines is 1. The van der Waals surface area contributed by atoms with Gasteiger partial charge in [0, 0.05) is 10.7 Å². The van der Waals surface area contributed by atoms with E-state index in [1.54, 1.807) is 18.3 Å². The van der Waals surface area contributed by atoms with Gasteiger partial charge in [-0.3, -0.25) is 0 Å². The SMILES string of the molecule is OC[C@H]1O[C@H](Oc2c[nH]c3ccc(Br)c(Cl)c23)[C@H](O)[C@@H](O)[C@@H]1O. The van der Waals surface area contributed by atoms with Crippen molar-refractivity contribution in [2.24, 2.45) is 0 Å². The van der Waals surface area contributed by atoms with Gasteiger partial charge in [0.2, 0.25) is 6.29 Å². The molecule has 1 saturated heterocycles. The van der Waals surface area contributed by atoms with Crippen molar-refractivity contribution in [1.82, 2.24) is 4.98 Å². The smallest absolute Gasteiger partial charge is 0.229 e. The molecule has 9 heteroatoms. The lowest BCUT2D eigenvalue weighted by atomic mass is 9.99. The summed E-state index contributed by atoms with van der Waals surface area (Å²) in [5.41, 5.74) is 0.720. The van der Waals surface area contributed by atoms with E-state index in [1.165, 1.54) is 0 Å². The van der Waals surface area contributed by atoms with Gasteiger partial charge in [0.1, 0.15) is 30.2 Å². The number of benzene rings is 1. The number of H-pyrrole nitrogens is 1. The molecule has 5 atom stereocenters. The minimum Gasteiger partial charge on any atom is -0.460 e. The van der Waals surface area contributed by atoms with E-state index in [9.17, 15) is 20.4 Å². The highest BCUT2D eigenvalue weighted by Crippen LogP contribution is 2.38. The van der Waals surface area contributed by atoms with Crippen molar-refractivity contribution >= 4 is 38.4 Å². The molecule has 1 aliphatic heterocycles. The van der Waals surface area contributed by atoms with Gasteiger partial charge >= 0.3 is 0 Å². The van der Waals surface area contributed by atoms with E-state index in [0.29, 0.717) is 20.6 Å². The zero-order chi connectivity index (χ0) is 16.7. The first kappa shape index (κ1) is 17.0. The van der Waals surface area contributed by atoms with Crippen LogP contribution in [-0.2, 0) is 4.74 Å². The second kappa shape index (κ2) is 6.56. The van der Waals surface area contributed by atoms with Crippen molar-refractivity contribution in [2.45, 2.75) is 30.7 Å². The van der Waals surface area contributed by atoms with E-state index in [1.807, 2.05) is 0 Å². The van der Waals surface area contributed by atoms with Crippen LogP contribution in [0.3, 0.4) is 0 Å². The molecule has 0 bridgehead atoms. The van der Waals surface area contributed by atoms with Crippen LogP contribution in [0.25, 0.3) is 10.9 Å². The first-order valence-corrected chi connectivity index (χ1v) is 8.03. The summed E-state index contributed by atoms with van der Waals surface area (Å²) in [5.74, 6) is 0.315. The minimum atomic E-state index is -1.50. The van der Waals surface area contributed by atoms with Crippen molar-refractivity contribution in [3.8, 4) is 5.75 Å². The Morgan fingerprint density at radius 1 is 1.22 bits per heavy atom. The maximum Gasteiger partial charge on any atom is 0.229 e. The van der Waals surface area contributed by atoms with Gasteiger partial charge in [-0.15, -0.1) is 0 Å². The zero-order valence-corrected chi connectivity index (χ0v) is 14.0. The molecule has 3 rings (SSSR count). The van der Waals surface area contributed by atoms with Crippen molar-refractivity contribution < 1.29 is 29.9 Å². The van der Waals surface area contributed by atoms with Crippen LogP contribution in [0.15, 0.2) is 22.8 Å². The van der Waals surface area contributed by atoms with Crippen molar-refractivity contribution in [1.29, 1.82) is 0 Å². The largest absolute Gasteiger partial charge is 0.460 e. The minimum absolute atomic E-state index is 0.315. The Morgan fingerprint density at radius 3 is 2.65 bits per heavy atom. The fraction of sp³-hybridized carbons (Fsp3) is 0.429. The summed E-state index contributed by atoms with van der Waals surface area (Å²) in [6.07, 6.45) is -5.17. The molecule has 126 valence electrons. The van der Waals surface area contributed by atoms with E-state index < -0.39 is 37.3 Å². The lowest BCUT2D eigenvalue weighted by molar-refractivity contribution is -0.277. The third-order valence-corrected chi connectivity index (χ3v) is 5.07. The topological polar surface area (TPSA) is 115 Å². The quantitative estimate of drug-likeness (QED) is 0.512.